The molecule has 2 aliphatic rings. The predicted octanol–water partition coefficient (Wildman–Crippen LogP) is 8.66. The maximum absolute atomic E-state index is 12.1. The average Bonchev–Trinajstić information content (AvgIpc) is 3.60. The highest BCUT2D eigenvalue weighted by atomic mass is 16.6. The first-order valence-corrected chi connectivity index (χ1v) is 14.3. The molecule has 0 radical (unpaired) electrons. The third kappa shape index (κ3) is 6.88. The summed E-state index contributed by atoms with van der Waals surface area (Å²) in [5.41, 5.74) is 13.8. The van der Waals surface area contributed by atoms with Crippen LogP contribution in [0.2, 0.25) is 0 Å². The van der Waals surface area contributed by atoms with Gasteiger partial charge in [0.15, 0.2) is 0 Å². The van der Waals surface area contributed by atoms with Crippen LogP contribution in [0.4, 0.5) is 16.2 Å². The van der Waals surface area contributed by atoms with Gasteiger partial charge in [-0.3, -0.25) is 4.90 Å². The third-order valence-corrected chi connectivity index (χ3v) is 7.80. The molecule has 0 saturated heterocycles. The molecule has 0 saturated carbocycles. The summed E-state index contributed by atoms with van der Waals surface area (Å²) in [5.74, 6) is 0. The Kier molecular flexibility index (Phi) is 8.62. The highest BCUT2D eigenvalue weighted by Gasteiger charge is 2.29. The molecular formula is C35H45N3O2. The Morgan fingerprint density at radius 2 is 1.38 bits per heavy atom. The van der Waals surface area contributed by atoms with Crippen LogP contribution in [0.5, 0.6) is 0 Å². The second-order valence-electron chi connectivity index (χ2n) is 12.2. The van der Waals surface area contributed by atoms with E-state index in [1.807, 2.05) is 27.0 Å². The zero-order valence-corrected chi connectivity index (χ0v) is 25.7. The lowest BCUT2D eigenvalue weighted by Crippen LogP contribution is -2.35. The minimum Gasteiger partial charge on any atom is -0.443 e. The van der Waals surface area contributed by atoms with E-state index in [2.05, 4.69) is 94.3 Å². The highest BCUT2D eigenvalue weighted by molar-refractivity contribution is 5.90. The fourth-order valence-electron chi connectivity index (χ4n) is 5.07. The van der Waals surface area contributed by atoms with E-state index >= 15 is 0 Å². The first-order chi connectivity index (χ1) is 18.8. The zero-order valence-electron chi connectivity index (χ0n) is 25.7. The molecule has 0 bridgehead atoms. The van der Waals surface area contributed by atoms with Crippen LogP contribution >= 0.6 is 0 Å². The monoisotopic (exact) mass is 539 g/mol. The molecule has 1 amide bonds. The number of carbonyl (C=O) groups excluding carboxylic acids is 1. The van der Waals surface area contributed by atoms with Gasteiger partial charge in [-0.15, -0.1) is 0 Å². The fourth-order valence-corrected chi connectivity index (χ4v) is 5.07. The van der Waals surface area contributed by atoms with Crippen LogP contribution < -0.4 is 10.2 Å². The topological polar surface area (TPSA) is 57.4 Å². The number of ether oxygens (including phenoxy) is 1. The molecule has 1 aromatic heterocycles. The van der Waals surface area contributed by atoms with E-state index in [9.17, 15) is 4.79 Å². The number of nitrogens with zero attached hydrogens (tertiary/aromatic N) is 1. The maximum atomic E-state index is 12.1. The maximum Gasteiger partial charge on any atom is 0.414 e. The molecule has 0 unspecified atom stereocenters. The Hall–Kier alpha value is -3.73. The Bertz CT molecular complexity index is 1460. The number of amides is 1. The first kappa shape index (κ1) is 29.3. The van der Waals surface area contributed by atoms with Crippen molar-refractivity contribution in [2.45, 2.75) is 80.8 Å². The Balaban J connectivity index is 0.000000145. The Morgan fingerprint density at radius 1 is 0.775 bits per heavy atom. The number of nitrogens with one attached hydrogen (secondary N) is 2. The molecule has 0 aliphatic carbocycles. The number of benzene rings is 3. The molecule has 5 heteroatoms. The minimum atomic E-state index is -0.445. The molecule has 3 aromatic carbocycles. The van der Waals surface area contributed by atoms with E-state index in [0.29, 0.717) is 6.54 Å². The first-order valence-electron chi connectivity index (χ1n) is 14.3. The van der Waals surface area contributed by atoms with Crippen molar-refractivity contribution in [1.29, 1.82) is 0 Å². The molecule has 2 aliphatic heterocycles. The molecule has 0 spiro atoms. The SMILES string of the molecule is Cc1cc2c(cc1C)N(C(=O)OC(C)(C)C)CC2.Cc1cc2c(cc1C)NCC2.Cc1cc2cc[nH]c2cc1C. The van der Waals surface area contributed by atoms with Crippen LogP contribution in [-0.2, 0) is 17.6 Å². The number of H-pyrrole nitrogens is 1. The van der Waals surface area contributed by atoms with Crippen LogP contribution in [0.1, 0.15) is 65.3 Å². The van der Waals surface area contributed by atoms with Gasteiger partial charge in [0.2, 0.25) is 0 Å². The van der Waals surface area contributed by atoms with Crippen LogP contribution in [0.15, 0.2) is 48.7 Å². The molecule has 2 N–H and O–H groups in total. The molecule has 6 rings (SSSR count). The van der Waals surface area contributed by atoms with Crippen LogP contribution in [-0.4, -0.2) is 29.8 Å². The molecule has 4 aromatic rings. The normalized spacial score (nSPS) is 13.5. The summed E-state index contributed by atoms with van der Waals surface area (Å²) in [6, 6.07) is 15.3. The number of aryl methyl sites for hydroxylation is 6. The summed E-state index contributed by atoms with van der Waals surface area (Å²) in [4.78, 5) is 17.1. The van der Waals surface area contributed by atoms with Gasteiger partial charge in [0.05, 0.1) is 5.69 Å². The van der Waals surface area contributed by atoms with Gasteiger partial charge in [-0.25, -0.2) is 4.79 Å². The molecule has 0 fully saturated rings. The van der Waals surface area contributed by atoms with E-state index in [0.717, 1.165) is 18.7 Å². The van der Waals surface area contributed by atoms with Crippen LogP contribution in [0, 0.1) is 41.5 Å². The predicted molar refractivity (Wildman–Crippen MR) is 169 cm³/mol. The number of carbonyl (C=O) groups is 1. The summed E-state index contributed by atoms with van der Waals surface area (Å²) in [5, 5.41) is 4.67. The van der Waals surface area contributed by atoms with Crippen molar-refractivity contribution < 1.29 is 9.53 Å². The van der Waals surface area contributed by atoms with Crippen molar-refractivity contribution in [3.05, 3.63) is 93.2 Å². The van der Waals surface area contributed by atoms with Gasteiger partial charge in [0, 0.05) is 30.5 Å². The van der Waals surface area contributed by atoms with Gasteiger partial charge in [-0.05, 0) is 155 Å². The van der Waals surface area contributed by atoms with Crippen molar-refractivity contribution in [3.63, 3.8) is 0 Å². The lowest BCUT2D eigenvalue weighted by Gasteiger charge is -2.25. The average molecular weight is 540 g/mol. The number of anilines is 2. The van der Waals surface area contributed by atoms with Gasteiger partial charge in [0.1, 0.15) is 5.60 Å². The summed E-state index contributed by atoms with van der Waals surface area (Å²) in [6.45, 7) is 20.3. The van der Waals surface area contributed by atoms with Crippen molar-refractivity contribution >= 4 is 28.4 Å². The number of hydrogen-bond donors (Lipinski definition) is 2. The van der Waals surface area contributed by atoms with Gasteiger partial charge in [-0.1, -0.05) is 12.1 Å². The molecular weight excluding hydrogens is 494 g/mol. The van der Waals surface area contributed by atoms with E-state index in [1.165, 1.54) is 67.5 Å². The van der Waals surface area contributed by atoms with Gasteiger partial charge >= 0.3 is 6.09 Å². The van der Waals surface area contributed by atoms with E-state index in [1.54, 1.807) is 4.90 Å². The number of hydrogen-bond acceptors (Lipinski definition) is 3. The molecule has 212 valence electrons. The second kappa shape index (κ2) is 11.8. The zero-order chi connectivity index (χ0) is 29.2. The van der Waals surface area contributed by atoms with Crippen molar-refractivity contribution in [2.75, 3.05) is 23.3 Å². The lowest BCUT2D eigenvalue weighted by atomic mass is 10.0. The highest BCUT2D eigenvalue weighted by Crippen LogP contribution is 2.32. The Morgan fingerprint density at radius 3 is 2.08 bits per heavy atom. The number of aromatic nitrogens is 1. The van der Waals surface area contributed by atoms with Gasteiger partial charge in [-0.2, -0.15) is 0 Å². The largest absolute Gasteiger partial charge is 0.443 e. The lowest BCUT2D eigenvalue weighted by molar-refractivity contribution is 0.0584. The fraction of sp³-hybridized carbons (Fsp3) is 0.400. The number of aromatic amines is 1. The van der Waals surface area contributed by atoms with Crippen molar-refractivity contribution in [1.82, 2.24) is 4.98 Å². The van der Waals surface area contributed by atoms with E-state index in [-0.39, 0.29) is 6.09 Å². The van der Waals surface area contributed by atoms with Gasteiger partial charge in [0.25, 0.3) is 0 Å². The summed E-state index contributed by atoms with van der Waals surface area (Å²) in [6.07, 6.45) is 3.83. The summed E-state index contributed by atoms with van der Waals surface area (Å²) in [7, 11) is 0. The smallest absolute Gasteiger partial charge is 0.414 e. The standard InChI is InChI=1S/C15H21NO2.C10H13N.C10H11N/c1-10-8-12-6-7-16(13(12)9-11(10)2)14(17)18-15(3,4)5;2*1-7-5-9-3-4-11-10(9)6-8(7)2/h8-9H,6-7H2,1-5H3;5-6,11H,3-4H2,1-2H3;3-6,11H,1-2H3. The van der Waals surface area contributed by atoms with Gasteiger partial charge < -0.3 is 15.0 Å². The third-order valence-electron chi connectivity index (χ3n) is 7.80. The number of fused-ring (bicyclic) bond motifs is 3. The molecule has 40 heavy (non-hydrogen) atoms. The second-order valence-corrected chi connectivity index (χ2v) is 12.2. The molecule has 3 heterocycles. The van der Waals surface area contributed by atoms with Crippen LogP contribution in [0.3, 0.4) is 0 Å². The molecule has 5 nitrogen and oxygen atoms in total. The van der Waals surface area contributed by atoms with Crippen molar-refractivity contribution in [3.8, 4) is 0 Å². The summed E-state index contributed by atoms with van der Waals surface area (Å²) < 4.78 is 5.44. The van der Waals surface area contributed by atoms with E-state index in [4.69, 9.17) is 4.74 Å². The molecule has 0 atom stereocenters. The minimum absolute atomic E-state index is 0.246. The van der Waals surface area contributed by atoms with Crippen LogP contribution in [0.25, 0.3) is 10.9 Å². The Labute approximate surface area is 239 Å². The van der Waals surface area contributed by atoms with E-state index < -0.39 is 5.60 Å². The quantitative estimate of drug-likeness (QED) is 0.235. The number of rotatable bonds is 0. The van der Waals surface area contributed by atoms with Crippen molar-refractivity contribution in [2.24, 2.45) is 0 Å². The summed E-state index contributed by atoms with van der Waals surface area (Å²) >= 11 is 0.